The van der Waals surface area contributed by atoms with Gasteiger partial charge >= 0.3 is 0 Å². The van der Waals surface area contributed by atoms with Crippen molar-refractivity contribution in [2.75, 3.05) is 0 Å². The van der Waals surface area contributed by atoms with E-state index in [0.717, 1.165) is 82.8 Å². The second-order valence-electron chi connectivity index (χ2n) is 16.8. The van der Waals surface area contributed by atoms with Gasteiger partial charge in [-0.25, -0.2) is 19.8 Å². The maximum atomic E-state index is 10.4. The third kappa shape index (κ3) is 6.88. The Morgan fingerprint density at radius 2 is 1.00 bits per heavy atom. The number of para-hydroxylation sites is 1. The van der Waals surface area contributed by atoms with Gasteiger partial charge in [-0.15, -0.1) is 0 Å². The first-order valence-electron chi connectivity index (χ1n) is 22.4. The Bertz CT molecular complexity index is 4100. The van der Waals surface area contributed by atoms with E-state index in [2.05, 4.69) is 82.2 Å². The van der Waals surface area contributed by atoms with Crippen molar-refractivity contribution in [2.45, 2.75) is 0 Å². The number of hydrogen-bond donors (Lipinski definition) is 0. The van der Waals surface area contributed by atoms with Gasteiger partial charge in [0.2, 0.25) is 0 Å². The molecule has 0 N–H and O–H groups in total. The lowest BCUT2D eigenvalue weighted by atomic mass is 9.96. The molecule has 0 aliphatic heterocycles. The van der Waals surface area contributed by atoms with Crippen molar-refractivity contribution >= 4 is 49.4 Å². The molecule has 0 saturated heterocycles. The number of aromatic nitrogens is 4. The van der Waals surface area contributed by atoms with Crippen molar-refractivity contribution in [2.24, 2.45) is 0 Å². The molecule has 9 nitrogen and oxygen atoms in total. The maximum absolute atomic E-state index is 10.4. The van der Waals surface area contributed by atoms with Crippen LogP contribution in [0, 0.1) is 40.6 Å². The van der Waals surface area contributed by atoms with Crippen molar-refractivity contribution in [3.63, 3.8) is 0 Å². The van der Waals surface area contributed by atoms with Gasteiger partial charge in [0.25, 0.3) is 0 Å². The molecule has 0 bridgehead atoms. The van der Waals surface area contributed by atoms with Gasteiger partial charge in [-0.1, -0.05) is 140 Å². The van der Waals surface area contributed by atoms with E-state index < -0.39 is 0 Å². The minimum absolute atomic E-state index is 0.383. The lowest BCUT2D eigenvalue weighted by Crippen LogP contribution is -2.04. The van der Waals surface area contributed by atoms with Gasteiger partial charge in [-0.2, -0.15) is 15.8 Å². The van der Waals surface area contributed by atoms with Gasteiger partial charge < -0.3 is 8.98 Å². The summed E-state index contributed by atoms with van der Waals surface area (Å²) in [6, 6.07) is 69.7. The predicted octanol–water partition coefficient (Wildman–Crippen LogP) is 15.0. The summed E-state index contributed by atoms with van der Waals surface area (Å²) in [5, 5.41) is 34.3. The van der Waals surface area contributed by atoms with Gasteiger partial charge in [0, 0.05) is 43.8 Å². The minimum atomic E-state index is 0.383. The highest BCUT2D eigenvalue weighted by Crippen LogP contribution is 2.43. The summed E-state index contributed by atoms with van der Waals surface area (Å²) in [6.07, 6.45) is 0. The highest BCUT2D eigenvalue weighted by atomic mass is 16.3. The summed E-state index contributed by atoms with van der Waals surface area (Å²) in [7, 11) is 0. The number of furan rings is 1. The van der Waals surface area contributed by atoms with E-state index in [0.29, 0.717) is 56.5 Å². The Morgan fingerprint density at radius 1 is 0.429 bits per heavy atom. The maximum Gasteiger partial charge on any atom is 0.188 e. The molecule has 0 unspecified atom stereocenters. The van der Waals surface area contributed by atoms with Crippen molar-refractivity contribution in [1.82, 2.24) is 19.5 Å². The van der Waals surface area contributed by atoms with Crippen LogP contribution in [0.25, 0.3) is 122 Å². The smallest absolute Gasteiger partial charge is 0.188 e. The summed E-state index contributed by atoms with van der Waals surface area (Å²) in [5.74, 6) is 1.45. The molecule has 3 aromatic heterocycles. The van der Waals surface area contributed by atoms with Crippen molar-refractivity contribution < 1.29 is 4.42 Å². The summed E-state index contributed by atoms with van der Waals surface area (Å²) in [5.41, 5.74) is 12.8. The Balaban J connectivity index is 1.20. The van der Waals surface area contributed by atoms with E-state index in [1.54, 1.807) is 24.3 Å². The van der Waals surface area contributed by atoms with Crippen LogP contribution in [0.3, 0.4) is 0 Å². The number of fused-ring (bicyclic) bond motifs is 6. The molecule has 3 heterocycles. The molecule has 0 amide bonds. The molecular weight excluding hydrogens is 861 g/mol. The Kier molecular flexibility index (Phi) is 9.82. The molecule has 9 heteroatoms. The van der Waals surface area contributed by atoms with Crippen molar-refractivity contribution in [1.29, 1.82) is 15.8 Å². The molecule has 322 valence electrons. The van der Waals surface area contributed by atoms with Crippen LogP contribution < -0.4 is 0 Å². The van der Waals surface area contributed by atoms with Crippen LogP contribution in [-0.4, -0.2) is 19.5 Å². The fourth-order valence-corrected chi connectivity index (χ4v) is 9.54. The normalized spacial score (nSPS) is 11.1. The zero-order valence-electron chi connectivity index (χ0n) is 37.0. The molecule has 0 spiro atoms. The van der Waals surface area contributed by atoms with Crippen LogP contribution >= 0.6 is 0 Å². The molecule has 12 rings (SSSR count). The van der Waals surface area contributed by atoms with Gasteiger partial charge in [-0.05, 0) is 88.0 Å². The summed E-state index contributed by atoms with van der Waals surface area (Å²) >= 11 is 0. The van der Waals surface area contributed by atoms with Gasteiger partial charge in [-0.3, -0.25) is 0 Å². The topological polar surface area (TPSA) is 132 Å². The van der Waals surface area contributed by atoms with Crippen molar-refractivity contribution in [3.8, 4) is 91.4 Å². The Hall–Kier alpha value is -10.5. The van der Waals surface area contributed by atoms with E-state index in [1.807, 2.05) is 115 Å². The molecular formula is C61H32N8O. The molecule has 0 fully saturated rings. The zero-order valence-corrected chi connectivity index (χ0v) is 37.0. The first-order valence-corrected chi connectivity index (χ1v) is 22.4. The second-order valence-corrected chi connectivity index (χ2v) is 16.8. The third-order valence-electron chi connectivity index (χ3n) is 12.8. The van der Waals surface area contributed by atoms with Crippen LogP contribution in [-0.2, 0) is 0 Å². The molecule has 0 aliphatic rings. The standard InChI is InChI=1S/C61H32N8O/c1-65-45-23-27-47(44(30-45)36-64)42-21-26-50-49-25-20-41(46-24-19-37(34-62)29-43(46)35-63)32-54(49)69(55(50)33-42)53-28-22-40(48-16-10-18-57-58(48)51-15-8-9-17-56(51)70-57)31-52(53)61-67-59(38-11-4-2-5-12-38)66-60(68-61)39-13-6-3-7-14-39/h2-33H. The Morgan fingerprint density at radius 3 is 1.64 bits per heavy atom. The van der Waals surface area contributed by atoms with E-state index in [9.17, 15) is 15.8 Å². The monoisotopic (exact) mass is 892 g/mol. The molecule has 0 atom stereocenters. The number of nitriles is 3. The molecule has 0 saturated carbocycles. The second kappa shape index (κ2) is 16.8. The lowest BCUT2D eigenvalue weighted by molar-refractivity contribution is 0.669. The molecule has 9 aromatic carbocycles. The minimum Gasteiger partial charge on any atom is -0.456 e. The molecule has 0 radical (unpaired) electrons. The first kappa shape index (κ1) is 41.0. The number of benzene rings is 9. The highest BCUT2D eigenvalue weighted by Gasteiger charge is 2.23. The van der Waals surface area contributed by atoms with Crippen LogP contribution in [0.2, 0.25) is 0 Å². The van der Waals surface area contributed by atoms with E-state index in [-0.39, 0.29) is 0 Å². The van der Waals surface area contributed by atoms with Gasteiger partial charge in [0.15, 0.2) is 23.2 Å². The number of hydrogen-bond acceptors (Lipinski definition) is 7. The first-order chi connectivity index (χ1) is 34.5. The van der Waals surface area contributed by atoms with E-state index in [1.165, 1.54) is 0 Å². The van der Waals surface area contributed by atoms with Crippen LogP contribution in [0.15, 0.2) is 199 Å². The largest absolute Gasteiger partial charge is 0.456 e. The average molecular weight is 893 g/mol. The molecule has 0 aliphatic carbocycles. The van der Waals surface area contributed by atoms with Crippen LogP contribution in [0.5, 0.6) is 0 Å². The third-order valence-corrected chi connectivity index (χ3v) is 12.8. The van der Waals surface area contributed by atoms with Crippen LogP contribution in [0.4, 0.5) is 5.69 Å². The van der Waals surface area contributed by atoms with Crippen molar-refractivity contribution in [3.05, 3.63) is 222 Å². The summed E-state index contributed by atoms with van der Waals surface area (Å²) in [6.45, 7) is 7.62. The van der Waals surface area contributed by atoms with E-state index in [4.69, 9.17) is 25.9 Å². The predicted molar refractivity (Wildman–Crippen MR) is 274 cm³/mol. The molecule has 12 aromatic rings. The van der Waals surface area contributed by atoms with Crippen LogP contribution in [0.1, 0.15) is 16.7 Å². The van der Waals surface area contributed by atoms with Gasteiger partial charge in [0.05, 0.1) is 52.6 Å². The summed E-state index contributed by atoms with van der Waals surface area (Å²) < 4.78 is 8.59. The fourth-order valence-electron chi connectivity index (χ4n) is 9.54. The fraction of sp³-hybridized carbons (Fsp3) is 0. The highest BCUT2D eigenvalue weighted by molar-refractivity contribution is 6.14. The lowest BCUT2D eigenvalue weighted by Gasteiger charge is -2.17. The average Bonchev–Trinajstić information content (AvgIpc) is 3.98. The van der Waals surface area contributed by atoms with E-state index >= 15 is 0 Å². The number of rotatable bonds is 7. The number of nitrogens with zero attached hydrogens (tertiary/aromatic N) is 8. The summed E-state index contributed by atoms with van der Waals surface area (Å²) in [4.78, 5) is 19.2. The SMILES string of the molecule is [C-]#[N+]c1ccc(-c2ccc3c4ccc(-c5ccc(C#N)cc5C#N)cc4n(-c4ccc(-c5cccc6oc7ccccc7c56)cc4-c4nc(-c5ccccc5)nc(-c5ccccc5)n4)c3c2)c(C#N)c1. The van der Waals surface area contributed by atoms with Gasteiger partial charge in [0.1, 0.15) is 11.2 Å². The molecule has 70 heavy (non-hydrogen) atoms. The zero-order chi connectivity index (χ0) is 47.3. The quantitative estimate of drug-likeness (QED) is 0.145. The Labute approximate surface area is 401 Å².